The van der Waals surface area contributed by atoms with Gasteiger partial charge in [0.25, 0.3) is 5.69 Å². The monoisotopic (exact) mass is 250 g/mol. The lowest BCUT2D eigenvalue weighted by Gasteiger charge is -2.32. The molecule has 6 nitrogen and oxygen atoms in total. The molecule has 0 spiro atoms. The lowest BCUT2D eigenvalue weighted by molar-refractivity contribution is -0.385. The second-order valence-corrected chi connectivity index (χ2v) is 4.70. The molecule has 0 aliphatic carbocycles. The number of nitro groups is 1. The zero-order chi connectivity index (χ0) is 13.1. The fraction of sp³-hybridized carbons (Fsp3) is 0.583. The molecule has 1 aromatic rings. The number of aromatic nitrogens is 1. The van der Waals surface area contributed by atoms with Gasteiger partial charge in [-0.3, -0.25) is 10.1 Å². The molecule has 6 heteroatoms. The van der Waals surface area contributed by atoms with Crippen LogP contribution in [0.2, 0.25) is 0 Å². The fourth-order valence-corrected chi connectivity index (χ4v) is 2.24. The summed E-state index contributed by atoms with van der Waals surface area (Å²) < 4.78 is 0. The summed E-state index contributed by atoms with van der Waals surface area (Å²) in [5, 5.41) is 14.3. The molecular weight excluding hydrogens is 232 g/mol. The summed E-state index contributed by atoms with van der Waals surface area (Å²) in [5.41, 5.74) is 0.731. The van der Waals surface area contributed by atoms with Crippen LogP contribution in [0.3, 0.4) is 0 Å². The van der Waals surface area contributed by atoms with Gasteiger partial charge in [-0.05, 0) is 26.3 Å². The largest absolute Gasteiger partial charge is 0.355 e. The Balaban J connectivity index is 2.21. The van der Waals surface area contributed by atoms with E-state index in [2.05, 4.69) is 10.3 Å². The minimum atomic E-state index is -0.354. The first-order valence-corrected chi connectivity index (χ1v) is 6.14. The van der Waals surface area contributed by atoms with Crippen molar-refractivity contribution in [3.8, 4) is 0 Å². The molecule has 1 aliphatic heterocycles. The third-order valence-corrected chi connectivity index (χ3v) is 3.44. The molecule has 1 fully saturated rings. The van der Waals surface area contributed by atoms with E-state index in [0.717, 1.165) is 25.9 Å². The molecule has 2 heterocycles. The van der Waals surface area contributed by atoms with Crippen molar-refractivity contribution in [1.29, 1.82) is 0 Å². The predicted molar refractivity (Wildman–Crippen MR) is 69.9 cm³/mol. The predicted octanol–water partition coefficient (Wildman–Crippen LogP) is 1.49. The molecule has 0 radical (unpaired) electrons. The fourth-order valence-electron chi connectivity index (χ4n) is 2.24. The second-order valence-electron chi connectivity index (χ2n) is 4.70. The third-order valence-electron chi connectivity index (χ3n) is 3.44. The number of nitrogens with zero attached hydrogens (tertiary/aromatic N) is 3. The normalized spacial score (nSPS) is 19.6. The van der Waals surface area contributed by atoms with Crippen molar-refractivity contribution in [1.82, 2.24) is 10.3 Å². The number of nitrogens with one attached hydrogen (secondary N) is 1. The van der Waals surface area contributed by atoms with Crippen LogP contribution in [0.5, 0.6) is 0 Å². The van der Waals surface area contributed by atoms with Crippen LogP contribution in [0.1, 0.15) is 18.4 Å². The van der Waals surface area contributed by atoms with Gasteiger partial charge < -0.3 is 10.2 Å². The highest BCUT2D eigenvalue weighted by Crippen LogP contribution is 2.24. The Morgan fingerprint density at radius 2 is 2.39 bits per heavy atom. The minimum absolute atomic E-state index is 0.135. The SMILES string of the molecule is Cc1cnc(N(C)C2CCCNC2)cc1[N+](=O)[O-]. The molecule has 0 saturated carbocycles. The standard InChI is InChI=1S/C12H18N4O2/c1-9-7-14-12(6-11(9)16(17)18)15(2)10-4-3-5-13-8-10/h6-7,10,13H,3-5,8H2,1-2H3. The van der Waals surface area contributed by atoms with Crippen LogP contribution < -0.4 is 10.2 Å². The van der Waals surface area contributed by atoms with Crippen molar-refractivity contribution in [2.75, 3.05) is 25.0 Å². The van der Waals surface area contributed by atoms with Gasteiger partial charge in [-0.1, -0.05) is 0 Å². The molecule has 0 amide bonds. The first kappa shape index (κ1) is 12.8. The van der Waals surface area contributed by atoms with Gasteiger partial charge >= 0.3 is 0 Å². The molecule has 1 unspecified atom stereocenters. The van der Waals surface area contributed by atoms with Gasteiger partial charge in [0.15, 0.2) is 0 Å². The van der Waals surface area contributed by atoms with Crippen molar-refractivity contribution in [3.63, 3.8) is 0 Å². The van der Waals surface area contributed by atoms with Crippen LogP contribution in [0, 0.1) is 17.0 Å². The molecule has 2 rings (SSSR count). The molecule has 1 aromatic heterocycles. The smallest absolute Gasteiger partial charge is 0.277 e. The summed E-state index contributed by atoms with van der Waals surface area (Å²) in [6, 6.07) is 1.91. The van der Waals surface area contributed by atoms with Crippen molar-refractivity contribution < 1.29 is 4.92 Å². The maximum Gasteiger partial charge on any atom is 0.277 e. The zero-order valence-corrected chi connectivity index (χ0v) is 10.7. The van der Waals surface area contributed by atoms with Gasteiger partial charge in [0.05, 0.1) is 11.0 Å². The van der Waals surface area contributed by atoms with E-state index in [1.807, 2.05) is 11.9 Å². The number of anilines is 1. The van der Waals surface area contributed by atoms with Crippen molar-refractivity contribution in [2.24, 2.45) is 0 Å². The van der Waals surface area contributed by atoms with Crippen LogP contribution in [-0.4, -0.2) is 36.1 Å². The maximum atomic E-state index is 10.9. The number of hydrogen-bond donors (Lipinski definition) is 1. The van der Waals surface area contributed by atoms with E-state index in [9.17, 15) is 10.1 Å². The first-order valence-electron chi connectivity index (χ1n) is 6.14. The van der Waals surface area contributed by atoms with E-state index in [1.165, 1.54) is 0 Å². The molecule has 18 heavy (non-hydrogen) atoms. The lowest BCUT2D eigenvalue weighted by atomic mass is 10.1. The molecule has 1 atom stereocenters. The number of hydrogen-bond acceptors (Lipinski definition) is 5. The second kappa shape index (κ2) is 5.30. The summed E-state index contributed by atoms with van der Waals surface area (Å²) in [6.45, 7) is 3.66. The van der Waals surface area contributed by atoms with Crippen molar-refractivity contribution >= 4 is 11.5 Å². The Labute approximate surface area is 106 Å². The number of likely N-dealkylation sites (N-methyl/N-ethyl adjacent to an activating group) is 1. The van der Waals surface area contributed by atoms with Gasteiger partial charge in [0.2, 0.25) is 0 Å². The quantitative estimate of drug-likeness (QED) is 0.650. The topological polar surface area (TPSA) is 71.3 Å². The van der Waals surface area contributed by atoms with E-state index in [0.29, 0.717) is 17.4 Å². The molecule has 1 saturated heterocycles. The average molecular weight is 250 g/mol. The zero-order valence-electron chi connectivity index (χ0n) is 10.7. The van der Waals surface area contributed by atoms with Crippen LogP contribution in [0.15, 0.2) is 12.3 Å². The summed E-state index contributed by atoms with van der Waals surface area (Å²) in [4.78, 5) is 16.9. The number of pyridine rings is 1. The highest BCUT2D eigenvalue weighted by atomic mass is 16.6. The van der Waals surface area contributed by atoms with Crippen LogP contribution in [0.25, 0.3) is 0 Å². The first-order chi connectivity index (χ1) is 8.59. The summed E-state index contributed by atoms with van der Waals surface area (Å²) >= 11 is 0. The maximum absolute atomic E-state index is 10.9. The summed E-state index contributed by atoms with van der Waals surface area (Å²) in [5.74, 6) is 0.668. The van der Waals surface area contributed by atoms with Crippen LogP contribution >= 0.6 is 0 Å². The molecule has 98 valence electrons. The molecule has 0 bridgehead atoms. The highest BCUT2D eigenvalue weighted by molar-refractivity contribution is 5.50. The Hall–Kier alpha value is -1.69. The third kappa shape index (κ3) is 2.59. The molecule has 1 aliphatic rings. The van der Waals surface area contributed by atoms with Gasteiger partial charge in [0, 0.05) is 31.4 Å². The van der Waals surface area contributed by atoms with Crippen LogP contribution in [-0.2, 0) is 0 Å². The van der Waals surface area contributed by atoms with Gasteiger partial charge in [-0.2, -0.15) is 0 Å². The van der Waals surface area contributed by atoms with E-state index < -0.39 is 0 Å². The van der Waals surface area contributed by atoms with Crippen LogP contribution in [0.4, 0.5) is 11.5 Å². The van der Waals surface area contributed by atoms with Crippen molar-refractivity contribution in [3.05, 3.63) is 27.9 Å². The molecule has 1 N–H and O–H groups in total. The highest BCUT2D eigenvalue weighted by Gasteiger charge is 2.21. The number of rotatable bonds is 3. The Bertz CT molecular complexity index is 444. The minimum Gasteiger partial charge on any atom is -0.355 e. The molecular formula is C12H18N4O2. The van der Waals surface area contributed by atoms with E-state index in [4.69, 9.17) is 0 Å². The average Bonchev–Trinajstić information content (AvgIpc) is 2.39. The van der Waals surface area contributed by atoms with Gasteiger partial charge in [-0.15, -0.1) is 0 Å². The van der Waals surface area contributed by atoms with Gasteiger partial charge in [-0.25, -0.2) is 4.98 Å². The lowest BCUT2D eigenvalue weighted by Crippen LogP contribution is -2.44. The molecule has 0 aromatic carbocycles. The number of piperidine rings is 1. The van der Waals surface area contributed by atoms with E-state index >= 15 is 0 Å². The Kier molecular flexibility index (Phi) is 3.76. The Morgan fingerprint density at radius 3 is 3.00 bits per heavy atom. The van der Waals surface area contributed by atoms with E-state index in [-0.39, 0.29) is 10.6 Å². The van der Waals surface area contributed by atoms with Crippen molar-refractivity contribution in [2.45, 2.75) is 25.8 Å². The van der Waals surface area contributed by atoms with E-state index in [1.54, 1.807) is 19.2 Å². The number of aryl methyl sites for hydroxylation is 1. The summed E-state index contributed by atoms with van der Waals surface area (Å²) in [7, 11) is 1.94. The van der Waals surface area contributed by atoms with Gasteiger partial charge in [0.1, 0.15) is 5.82 Å². The summed E-state index contributed by atoms with van der Waals surface area (Å²) in [6.07, 6.45) is 3.79. The Morgan fingerprint density at radius 1 is 1.61 bits per heavy atom.